The van der Waals surface area contributed by atoms with Crippen LogP contribution < -0.4 is 0 Å². The zero-order valence-electron chi connectivity index (χ0n) is 19.3. The number of ether oxygens (including phenoxy) is 2. The second-order valence-electron chi connectivity index (χ2n) is 9.47. The lowest BCUT2D eigenvalue weighted by Gasteiger charge is -2.03. The molecule has 0 aliphatic carbocycles. The van der Waals surface area contributed by atoms with Crippen LogP contribution in [0.15, 0.2) is 109 Å². The van der Waals surface area contributed by atoms with Crippen LogP contribution in [0.25, 0.3) is 21.5 Å². The van der Waals surface area contributed by atoms with Crippen molar-refractivity contribution in [2.24, 2.45) is 0 Å². The fourth-order valence-corrected chi connectivity index (χ4v) is 5.02. The third kappa shape index (κ3) is 3.72. The molecule has 0 bridgehead atoms. The highest BCUT2D eigenvalue weighted by molar-refractivity contribution is 6.05. The molecule has 0 spiro atoms. The van der Waals surface area contributed by atoms with Gasteiger partial charge in [-0.15, -0.1) is 0 Å². The molecule has 4 atom stereocenters. The van der Waals surface area contributed by atoms with Gasteiger partial charge in [-0.3, -0.25) is 9.59 Å². The summed E-state index contributed by atoms with van der Waals surface area (Å²) < 4.78 is 11.5. The van der Waals surface area contributed by atoms with E-state index in [1.165, 1.54) is 0 Å². The van der Waals surface area contributed by atoms with Crippen LogP contribution in [-0.2, 0) is 9.47 Å². The van der Waals surface area contributed by atoms with E-state index in [-0.39, 0.29) is 23.8 Å². The summed E-state index contributed by atoms with van der Waals surface area (Å²) in [6.07, 6.45) is -1.41. The number of Topliss-reactive ketones (excluding diaryl/α,β-unsaturated/α-hetero) is 2. The summed E-state index contributed by atoms with van der Waals surface area (Å²) in [5, 5.41) is 4.31. The van der Waals surface area contributed by atoms with Gasteiger partial charge in [0.1, 0.15) is 12.2 Å². The molecule has 2 saturated heterocycles. The Morgan fingerprint density at radius 1 is 0.472 bits per heavy atom. The Hall–Kier alpha value is -4.12. The van der Waals surface area contributed by atoms with Crippen molar-refractivity contribution in [3.63, 3.8) is 0 Å². The van der Waals surface area contributed by atoms with Crippen molar-refractivity contribution in [1.29, 1.82) is 0 Å². The molecule has 2 aliphatic rings. The Kier molecular flexibility index (Phi) is 4.84. The maximum absolute atomic E-state index is 13.0. The number of epoxide rings is 2. The van der Waals surface area contributed by atoms with E-state index >= 15 is 0 Å². The van der Waals surface area contributed by atoms with Crippen LogP contribution in [0.5, 0.6) is 0 Å². The highest BCUT2D eigenvalue weighted by Crippen LogP contribution is 2.44. The first-order valence-corrected chi connectivity index (χ1v) is 12.1. The maximum atomic E-state index is 13.0. The first-order chi connectivity index (χ1) is 17.7. The number of ketones is 2. The van der Waals surface area contributed by atoms with Crippen LogP contribution >= 0.6 is 0 Å². The summed E-state index contributed by atoms with van der Waals surface area (Å²) in [5.74, 6) is 0.00260. The van der Waals surface area contributed by atoms with Crippen molar-refractivity contribution < 1.29 is 19.1 Å². The Balaban J connectivity index is 1.02. The summed E-state index contributed by atoms with van der Waals surface area (Å²) in [7, 11) is 0. The first-order valence-electron chi connectivity index (χ1n) is 12.1. The molecular weight excluding hydrogens is 448 g/mol. The maximum Gasteiger partial charge on any atom is 0.194 e. The molecule has 0 saturated carbocycles. The van der Waals surface area contributed by atoms with E-state index in [9.17, 15) is 9.59 Å². The predicted molar refractivity (Wildman–Crippen MR) is 138 cm³/mol. The van der Waals surface area contributed by atoms with E-state index in [4.69, 9.17) is 9.47 Å². The Bertz CT molecular complexity index is 1530. The lowest BCUT2D eigenvalue weighted by atomic mass is 9.98. The molecule has 0 aromatic heterocycles. The van der Waals surface area contributed by atoms with Crippen LogP contribution in [0, 0.1) is 0 Å². The van der Waals surface area contributed by atoms with E-state index in [0.29, 0.717) is 11.1 Å². The van der Waals surface area contributed by atoms with E-state index in [1.54, 1.807) is 0 Å². The first kappa shape index (κ1) is 21.2. The van der Waals surface area contributed by atoms with Crippen LogP contribution in [-0.4, -0.2) is 23.8 Å². The van der Waals surface area contributed by atoms with Gasteiger partial charge < -0.3 is 9.47 Å². The zero-order chi connectivity index (χ0) is 24.2. The summed E-state index contributed by atoms with van der Waals surface area (Å²) in [6.45, 7) is 0. The average molecular weight is 471 g/mol. The summed E-state index contributed by atoms with van der Waals surface area (Å²) in [4.78, 5) is 25.9. The number of rotatable bonds is 6. The van der Waals surface area contributed by atoms with Crippen LogP contribution in [0.4, 0.5) is 0 Å². The molecule has 0 amide bonds. The molecule has 0 unspecified atom stereocenters. The van der Waals surface area contributed by atoms with E-state index in [0.717, 1.165) is 32.7 Å². The largest absolute Gasteiger partial charge is 0.356 e. The van der Waals surface area contributed by atoms with Gasteiger partial charge in [-0.05, 0) is 44.8 Å². The van der Waals surface area contributed by atoms with Gasteiger partial charge >= 0.3 is 0 Å². The SMILES string of the molecule is O=C(c1ccc2ccccc2c1)[C@@H]1O[C@H]1c1ccc([C@@H]2O[C@H]2C(=O)c2ccc3ccccc3c2)cc1. The molecule has 4 heteroatoms. The Morgan fingerprint density at radius 3 is 1.28 bits per heavy atom. The van der Waals surface area contributed by atoms with Gasteiger partial charge in [0.2, 0.25) is 0 Å². The van der Waals surface area contributed by atoms with Gasteiger partial charge in [0.15, 0.2) is 23.8 Å². The number of carbonyl (C=O) groups is 2. The molecule has 5 aromatic rings. The van der Waals surface area contributed by atoms with Gasteiger partial charge in [-0.25, -0.2) is 0 Å². The number of hydrogen-bond acceptors (Lipinski definition) is 4. The normalized spacial score (nSPS) is 22.4. The van der Waals surface area contributed by atoms with E-state index in [2.05, 4.69) is 0 Å². The fourth-order valence-electron chi connectivity index (χ4n) is 5.02. The van der Waals surface area contributed by atoms with Gasteiger partial charge in [0.25, 0.3) is 0 Å². The minimum Gasteiger partial charge on any atom is -0.356 e. The summed E-state index contributed by atoms with van der Waals surface area (Å²) >= 11 is 0. The number of benzene rings is 5. The van der Waals surface area contributed by atoms with Crippen molar-refractivity contribution in [2.75, 3.05) is 0 Å². The lowest BCUT2D eigenvalue weighted by Crippen LogP contribution is -2.08. The van der Waals surface area contributed by atoms with Crippen molar-refractivity contribution in [3.8, 4) is 0 Å². The van der Waals surface area contributed by atoms with Gasteiger partial charge in [0.05, 0.1) is 0 Å². The standard InChI is InChI=1S/C32H22O4/c33-27(25-15-9-19-5-1-3-7-23(19)17-25)31-29(35-31)21-11-13-22(14-12-21)30-32(36-30)28(34)26-16-10-20-6-2-4-8-24(20)18-26/h1-18,29-32H/t29-,30-,31-,32-/m0/s1. The molecular formula is C32H22O4. The zero-order valence-corrected chi connectivity index (χ0v) is 19.3. The lowest BCUT2D eigenvalue weighted by molar-refractivity contribution is 0.0947. The second kappa shape index (κ2) is 8.23. The Morgan fingerprint density at radius 2 is 0.861 bits per heavy atom. The molecule has 36 heavy (non-hydrogen) atoms. The monoisotopic (exact) mass is 470 g/mol. The molecule has 2 aliphatic heterocycles. The number of hydrogen-bond donors (Lipinski definition) is 0. The van der Waals surface area contributed by atoms with Crippen molar-refractivity contribution in [1.82, 2.24) is 0 Å². The highest BCUT2D eigenvalue weighted by atomic mass is 16.6. The summed E-state index contributed by atoms with van der Waals surface area (Å²) in [6, 6.07) is 35.4. The quantitative estimate of drug-likeness (QED) is 0.206. The van der Waals surface area contributed by atoms with Crippen LogP contribution in [0.1, 0.15) is 44.1 Å². The molecule has 174 valence electrons. The third-order valence-electron chi connectivity index (χ3n) is 7.16. The van der Waals surface area contributed by atoms with Crippen molar-refractivity contribution in [2.45, 2.75) is 24.4 Å². The number of carbonyl (C=O) groups excluding carboxylic acids is 2. The second-order valence-corrected chi connectivity index (χ2v) is 9.47. The smallest absolute Gasteiger partial charge is 0.194 e. The minimum absolute atomic E-state index is 0.00130. The molecule has 2 fully saturated rings. The molecule has 5 aromatic carbocycles. The summed E-state index contributed by atoms with van der Waals surface area (Å²) in [5.41, 5.74) is 3.24. The molecule has 7 rings (SSSR count). The van der Waals surface area contributed by atoms with Crippen LogP contribution in [0.2, 0.25) is 0 Å². The van der Waals surface area contributed by atoms with Crippen LogP contribution in [0.3, 0.4) is 0 Å². The van der Waals surface area contributed by atoms with E-state index < -0.39 is 12.2 Å². The fraction of sp³-hybridized carbons (Fsp3) is 0.125. The van der Waals surface area contributed by atoms with E-state index in [1.807, 2.05) is 109 Å². The minimum atomic E-state index is -0.462. The van der Waals surface area contributed by atoms with Gasteiger partial charge in [0, 0.05) is 11.1 Å². The van der Waals surface area contributed by atoms with Gasteiger partial charge in [-0.1, -0.05) is 97.1 Å². The third-order valence-corrected chi connectivity index (χ3v) is 7.16. The highest BCUT2D eigenvalue weighted by Gasteiger charge is 2.48. The van der Waals surface area contributed by atoms with Gasteiger partial charge in [-0.2, -0.15) is 0 Å². The molecule has 0 N–H and O–H groups in total. The Labute approximate surface area is 208 Å². The topological polar surface area (TPSA) is 59.2 Å². The van der Waals surface area contributed by atoms with Crippen molar-refractivity contribution in [3.05, 3.63) is 131 Å². The molecule has 4 nitrogen and oxygen atoms in total. The molecule has 2 heterocycles. The average Bonchev–Trinajstić information content (AvgIpc) is 3.86. The predicted octanol–water partition coefficient (Wildman–Crippen LogP) is 6.64. The molecule has 0 radical (unpaired) electrons. The number of fused-ring (bicyclic) bond motifs is 2. The van der Waals surface area contributed by atoms with Crippen molar-refractivity contribution >= 4 is 33.1 Å².